The first-order chi connectivity index (χ1) is 7.34. The Morgan fingerprint density at radius 1 is 1.50 bits per heavy atom. The van der Waals surface area contributed by atoms with Crippen LogP contribution < -0.4 is 0 Å². The minimum Gasteiger partial charge on any atom is -0.469 e. The normalized spacial score (nSPS) is 11.3. The van der Waals surface area contributed by atoms with Gasteiger partial charge in [0.15, 0.2) is 5.69 Å². The van der Waals surface area contributed by atoms with Gasteiger partial charge in [-0.1, -0.05) is 11.6 Å². The molecule has 0 aliphatic heterocycles. The molecule has 0 fully saturated rings. The Kier molecular flexibility index (Phi) is 3.74. The van der Waals surface area contributed by atoms with Gasteiger partial charge >= 0.3 is 12.1 Å². The molecule has 0 unspecified atom stereocenters. The predicted octanol–water partition coefficient (Wildman–Crippen LogP) is 2.47. The molecule has 1 aromatic heterocycles. The maximum Gasteiger partial charge on any atom is 0.434 e. The molecular formula is C9H7ClF3NO2. The van der Waals surface area contributed by atoms with E-state index in [1.807, 2.05) is 0 Å². The van der Waals surface area contributed by atoms with Crippen molar-refractivity contribution in [1.82, 2.24) is 4.98 Å². The molecule has 1 rings (SSSR count). The maximum atomic E-state index is 12.4. The first-order valence-corrected chi connectivity index (χ1v) is 4.52. The van der Waals surface area contributed by atoms with Crippen molar-refractivity contribution in [2.24, 2.45) is 0 Å². The van der Waals surface area contributed by atoms with Crippen LogP contribution in [-0.2, 0) is 22.1 Å². The van der Waals surface area contributed by atoms with Crippen molar-refractivity contribution < 1.29 is 22.7 Å². The van der Waals surface area contributed by atoms with Crippen molar-refractivity contribution >= 4 is 17.6 Å². The molecule has 1 aromatic rings. The highest BCUT2D eigenvalue weighted by molar-refractivity contribution is 6.31. The van der Waals surface area contributed by atoms with Crippen LogP contribution in [0.3, 0.4) is 0 Å². The van der Waals surface area contributed by atoms with E-state index in [0.717, 1.165) is 13.2 Å². The van der Waals surface area contributed by atoms with Crippen LogP contribution in [0.5, 0.6) is 0 Å². The van der Waals surface area contributed by atoms with E-state index in [-0.39, 0.29) is 12.1 Å². The Morgan fingerprint density at radius 3 is 2.62 bits per heavy atom. The minimum absolute atomic E-state index is 0.0384. The standard InChI is InChI=1S/C9H7ClF3NO2/c1-16-7(15)4-5-2-3-6(10)8(14-5)9(11,12)13/h2-3H,4H2,1H3. The van der Waals surface area contributed by atoms with Crippen LogP contribution in [0.1, 0.15) is 11.4 Å². The van der Waals surface area contributed by atoms with Crippen molar-refractivity contribution in [3.63, 3.8) is 0 Å². The molecule has 0 N–H and O–H groups in total. The van der Waals surface area contributed by atoms with E-state index in [4.69, 9.17) is 11.6 Å². The zero-order valence-corrected chi connectivity index (χ0v) is 8.89. The number of carbonyl (C=O) groups excluding carboxylic acids is 1. The topological polar surface area (TPSA) is 39.2 Å². The Balaban J connectivity index is 3.03. The summed E-state index contributed by atoms with van der Waals surface area (Å²) in [5, 5.41) is -0.499. The summed E-state index contributed by atoms with van der Waals surface area (Å²) < 4.78 is 41.5. The van der Waals surface area contributed by atoms with Gasteiger partial charge in [-0.3, -0.25) is 4.79 Å². The lowest BCUT2D eigenvalue weighted by atomic mass is 10.2. The molecule has 3 nitrogen and oxygen atoms in total. The fourth-order valence-corrected chi connectivity index (χ4v) is 1.21. The number of halogens is 4. The number of hydrogen-bond donors (Lipinski definition) is 0. The molecule has 0 spiro atoms. The second-order valence-corrected chi connectivity index (χ2v) is 3.29. The molecule has 0 atom stereocenters. The molecule has 0 saturated heterocycles. The fraction of sp³-hybridized carbons (Fsp3) is 0.333. The summed E-state index contributed by atoms with van der Waals surface area (Å²) in [4.78, 5) is 14.1. The molecule has 1 heterocycles. The van der Waals surface area contributed by atoms with Crippen molar-refractivity contribution in [3.8, 4) is 0 Å². The number of methoxy groups -OCH3 is 1. The van der Waals surface area contributed by atoms with Gasteiger partial charge in [0.2, 0.25) is 0 Å². The number of aromatic nitrogens is 1. The van der Waals surface area contributed by atoms with Gasteiger partial charge in [0.05, 0.1) is 24.2 Å². The van der Waals surface area contributed by atoms with E-state index in [1.54, 1.807) is 0 Å². The van der Waals surface area contributed by atoms with Gasteiger partial charge in [-0.05, 0) is 12.1 Å². The van der Waals surface area contributed by atoms with E-state index >= 15 is 0 Å². The maximum absolute atomic E-state index is 12.4. The lowest BCUT2D eigenvalue weighted by Crippen LogP contribution is -2.13. The van der Waals surface area contributed by atoms with E-state index in [2.05, 4.69) is 9.72 Å². The predicted molar refractivity (Wildman–Crippen MR) is 50.0 cm³/mol. The first kappa shape index (κ1) is 12.8. The lowest BCUT2D eigenvalue weighted by Gasteiger charge is -2.09. The van der Waals surface area contributed by atoms with Crippen molar-refractivity contribution in [2.75, 3.05) is 7.11 Å². The Labute approximate surface area is 94.2 Å². The zero-order valence-electron chi connectivity index (χ0n) is 8.14. The zero-order chi connectivity index (χ0) is 12.3. The molecule has 0 aromatic carbocycles. The number of ether oxygens (including phenoxy) is 1. The molecule has 0 amide bonds. The second-order valence-electron chi connectivity index (χ2n) is 2.88. The van der Waals surface area contributed by atoms with Crippen LogP contribution in [0.4, 0.5) is 13.2 Å². The van der Waals surface area contributed by atoms with Crippen molar-refractivity contribution in [2.45, 2.75) is 12.6 Å². The summed E-state index contributed by atoms with van der Waals surface area (Å²) >= 11 is 5.35. The average Bonchev–Trinajstić information content (AvgIpc) is 2.19. The summed E-state index contributed by atoms with van der Waals surface area (Å²) in [6.45, 7) is 0. The summed E-state index contributed by atoms with van der Waals surface area (Å²) in [6, 6.07) is 2.30. The SMILES string of the molecule is COC(=O)Cc1ccc(Cl)c(C(F)(F)F)n1. The Morgan fingerprint density at radius 2 is 2.12 bits per heavy atom. The molecule has 16 heavy (non-hydrogen) atoms. The van der Waals surface area contributed by atoms with Gasteiger partial charge in [0, 0.05) is 0 Å². The number of carbonyl (C=O) groups is 1. The van der Waals surface area contributed by atoms with E-state index in [9.17, 15) is 18.0 Å². The molecule has 7 heteroatoms. The van der Waals surface area contributed by atoms with Crippen LogP contribution in [0, 0.1) is 0 Å². The minimum atomic E-state index is -4.64. The quantitative estimate of drug-likeness (QED) is 0.760. The highest BCUT2D eigenvalue weighted by atomic mass is 35.5. The van der Waals surface area contributed by atoms with E-state index < -0.39 is 22.9 Å². The first-order valence-electron chi connectivity index (χ1n) is 4.14. The second kappa shape index (κ2) is 4.69. The van der Waals surface area contributed by atoms with Gasteiger partial charge in [-0.25, -0.2) is 4.98 Å². The highest BCUT2D eigenvalue weighted by Gasteiger charge is 2.35. The van der Waals surface area contributed by atoms with Gasteiger partial charge in [-0.2, -0.15) is 13.2 Å². The van der Waals surface area contributed by atoms with Crippen molar-refractivity contribution in [1.29, 1.82) is 0 Å². The third-order valence-corrected chi connectivity index (χ3v) is 2.03. The smallest absolute Gasteiger partial charge is 0.434 e. The number of nitrogens with zero attached hydrogens (tertiary/aromatic N) is 1. The van der Waals surface area contributed by atoms with Gasteiger partial charge in [0.1, 0.15) is 0 Å². The summed E-state index contributed by atoms with van der Waals surface area (Å²) in [5.41, 5.74) is -1.24. The van der Waals surface area contributed by atoms with Gasteiger partial charge in [0.25, 0.3) is 0 Å². The van der Waals surface area contributed by atoms with Crippen LogP contribution in [0.2, 0.25) is 5.02 Å². The number of rotatable bonds is 2. The lowest BCUT2D eigenvalue weighted by molar-refractivity contribution is -0.142. The Bertz CT molecular complexity index is 406. The molecule has 0 bridgehead atoms. The number of esters is 1. The number of alkyl halides is 3. The molecular weight excluding hydrogens is 247 g/mol. The summed E-state index contributed by atoms with van der Waals surface area (Å²) in [7, 11) is 1.14. The average molecular weight is 254 g/mol. The Hall–Kier alpha value is -1.30. The third kappa shape index (κ3) is 3.10. The van der Waals surface area contributed by atoms with Crippen molar-refractivity contribution in [3.05, 3.63) is 28.5 Å². The van der Waals surface area contributed by atoms with Crippen LogP contribution in [0.25, 0.3) is 0 Å². The highest BCUT2D eigenvalue weighted by Crippen LogP contribution is 2.33. The number of pyridine rings is 1. The van der Waals surface area contributed by atoms with Crippen LogP contribution in [0.15, 0.2) is 12.1 Å². The molecule has 88 valence electrons. The largest absolute Gasteiger partial charge is 0.469 e. The van der Waals surface area contributed by atoms with Gasteiger partial charge < -0.3 is 4.74 Å². The van der Waals surface area contributed by atoms with Gasteiger partial charge in [-0.15, -0.1) is 0 Å². The van der Waals surface area contributed by atoms with Crippen LogP contribution in [-0.4, -0.2) is 18.1 Å². The molecule has 0 radical (unpaired) electrons. The number of hydrogen-bond acceptors (Lipinski definition) is 3. The van der Waals surface area contributed by atoms with Crippen LogP contribution >= 0.6 is 11.6 Å². The van der Waals surface area contributed by atoms with E-state index in [0.29, 0.717) is 0 Å². The fourth-order valence-electron chi connectivity index (χ4n) is 1.000. The van der Waals surface area contributed by atoms with E-state index in [1.165, 1.54) is 6.07 Å². The third-order valence-electron chi connectivity index (χ3n) is 1.73. The molecule has 0 aliphatic carbocycles. The molecule has 0 saturated carbocycles. The molecule has 0 aliphatic rings. The summed E-state index contributed by atoms with van der Waals surface area (Å²) in [6.07, 6.45) is -4.96. The monoisotopic (exact) mass is 253 g/mol. The summed E-state index contributed by atoms with van der Waals surface area (Å²) in [5.74, 6) is -0.664.